The van der Waals surface area contributed by atoms with Crippen LogP contribution in [0.5, 0.6) is 0 Å². The minimum absolute atomic E-state index is 0.231. The van der Waals surface area contributed by atoms with Crippen LogP contribution in [0.25, 0.3) is 0 Å². The van der Waals surface area contributed by atoms with Crippen molar-refractivity contribution in [3.05, 3.63) is 71.0 Å². The zero-order valence-electron chi connectivity index (χ0n) is 16.8. The van der Waals surface area contributed by atoms with Gasteiger partial charge in [0, 0.05) is 38.5 Å². The molecule has 0 aliphatic carbocycles. The third kappa shape index (κ3) is 6.96. The molecule has 0 unspecified atom stereocenters. The number of nitrogens with zero attached hydrogens (tertiary/aromatic N) is 4. The Bertz CT molecular complexity index is 832. The van der Waals surface area contributed by atoms with E-state index < -0.39 is 0 Å². The summed E-state index contributed by atoms with van der Waals surface area (Å²) >= 11 is 1.44. The molecule has 1 fully saturated rings. The standard InChI is InChI=1S/C22H28FN5S/c1-2-27-10-12-28(13-11-27)16-20-14-21(23)9-8-19(20)15-25-26-22(24)29-17-18-6-4-3-5-7-18/h3-9,14-15H,2,10-13,16-17H2,1H3,(H2,24,26). The first-order valence-corrected chi connectivity index (χ1v) is 10.9. The molecule has 2 N–H and O–H groups in total. The fourth-order valence-electron chi connectivity index (χ4n) is 3.25. The number of benzene rings is 2. The largest absolute Gasteiger partial charge is 0.377 e. The van der Waals surface area contributed by atoms with E-state index in [4.69, 9.17) is 5.73 Å². The lowest BCUT2D eigenvalue weighted by molar-refractivity contribution is 0.132. The Hall–Kier alpha value is -2.22. The molecule has 154 valence electrons. The van der Waals surface area contributed by atoms with Crippen LogP contribution in [0, 0.1) is 5.82 Å². The third-order valence-electron chi connectivity index (χ3n) is 4.99. The molecular formula is C22H28FN5S. The van der Waals surface area contributed by atoms with E-state index in [0.717, 1.165) is 49.6 Å². The van der Waals surface area contributed by atoms with Crippen molar-refractivity contribution < 1.29 is 4.39 Å². The molecule has 0 radical (unpaired) electrons. The minimum atomic E-state index is -0.231. The van der Waals surface area contributed by atoms with E-state index in [0.29, 0.717) is 11.7 Å². The van der Waals surface area contributed by atoms with Crippen molar-refractivity contribution in [2.45, 2.75) is 19.2 Å². The quantitative estimate of drug-likeness (QED) is 0.429. The van der Waals surface area contributed by atoms with E-state index >= 15 is 0 Å². The second kappa shape index (κ2) is 11.1. The van der Waals surface area contributed by atoms with Gasteiger partial charge < -0.3 is 10.6 Å². The summed E-state index contributed by atoms with van der Waals surface area (Å²) < 4.78 is 13.8. The Kier molecular flexibility index (Phi) is 8.22. The van der Waals surface area contributed by atoms with E-state index in [1.807, 2.05) is 18.2 Å². The summed E-state index contributed by atoms with van der Waals surface area (Å²) in [6.45, 7) is 8.04. The topological polar surface area (TPSA) is 57.2 Å². The fourth-order valence-corrected chi connectivity index (χ4v) is 3.86. The smallest absolute Gasteiger partial charge is 0.180 e. The zero-order valence-corrected chi connectivity index (χ0v) is 17.6. The maximum absolute atomic E-state index is 13.8. The van der Waals surface area contributed by atoms with Crippen molar-refractivity contribution in [1.29, 1.82) is 0 Å². The number of thioether (sulfide) groups is 1. The highest BCUT2D eigenvalue weighted by Crippen LogP contribution is 2.15. The Morgan fingerprint density at radius 2 is 1.83 bits per heavy atom. The van der Waals surface area contributed by atoms with Gasteiger partial charge in [-0.2, -0.15) is 5.10 Å². The van der Waals surface area contributed by atoms with Gasteiger partial charge in [-0.1, -0.05) is 55.1 Å². The van der Waals surface area contributed by atoms with Crippen LogP contribution in [0.1, 0.15) is 23.6 Å². The van der Waals surface area contributed by atoms with Crippen LogP contribution >= 0.6 is 11.8 Å². The van der Waals surface area contributed by atoms with Crippen LogP contribution in [-0.2, 0) is 12.3 Å². The van der Waals surface area contributed by atoms with Crippen molar-refractivity contribution >= 4 is 23.1 Å². The van der Waals surface area contributed by atoms with Gasteiger partial charge in [-0.3, -0.25) is 4.90 Å². The van der Waals surface area contributed by atoms with Crippen LogP contribution in [0.15, 0.2) is 58.7 Å². The Morgan fingerprint density at radius 3 is 2.55 bits per heavy atom. The van der Waals surface area contributed by atoms with E-state index in [-0.39, 0.29) is 5.82 Å². The van der Waals surface area contributed by atoms with Crippen molar-refractivity contribution in [3.63, 3.8) is 0 Å². The number of likely N-dealkylation sites (N-methyl/N-ethyl adjacent to an activating group) is 1. The minimum Gasteiger partial charge on any atom is -0.377 e. The molecule has 1 aliphatic rings. The van der Waals surface area contributed by atoms with Gasteiger partial charge in [-0.05, 0) is 35.4 Å². The number of hydrogen-bond acceptors (Lipinski definition) is 5. The summed E-state index contributed by atoms with van der Waals surface area (Å²) in [7, 11) is 0. The third-order valence-corrected chi connectivity index (χ3v) is 5.85. The van der Waals surface area contributed by atoms with Crippen LogP contribution in [0.2, 0.25) is 0 Å². The molecule has 0 amide bonds. The highest BCUT2D eigenvalue weighted by Gasteiger charge is 2.16. The molecule has 3 rings (SSSR count). The molecule has 5 nitrogen and oxygen atoms in total. The molecule has 1 heterocycles. The van der Waals surface area contributed by atoms with Crippen LogP contribution in [-0.4, -0.2) is 53.9 Å². The molecule has 7 heteroatoms. The first-order valence-electron chi connectivity index (χ1n) is 9.90. The number of halogens is 1. The summed E-state index contributed by atoms with van der Waals surface area (Å²) in [5, 5.41) is 8.62. The van der Waals surface area contributed by atoms with Gasteiger partial charge >= 0.3 is 0 Å². The van der Waals surface area contributed by atoms with E-state index in [9.17, 15) is 4.39 Å². The van der Waals surface area contributed by atoms with Crippen LogP contribution in [0.3, 0.4) is 0 Å². The summed E-state index contributed by atoms with van der Waals surface area (Å²) in [5.41, 5.74) is 8.92. The molecule has 0 aromatic heterocycles. The lowest BCUT2D eigenvalue weighted by Gasteiger charge is -2.34. The molecule has 1 aliphatic heterocycles. The Labute approximate surface area is 176 Å². The normalized spacial score (nSPS) is 16.6. The zero-order chi connectivity index (χ0) is 20.5. The van der Waals surface area contributed by atoms with Crippen LogP contribution in [0.4, 0.5) is 4.39 Å². The summed E-state index contributed by atoms with van der Waals surface area (Å²) in [5.74, 6) is 0.516. The molecule has 1 saturated heterocycles. The first-order chi connectivity index (χ1) is 14.1. The Morgan fingerprint density at radius 1 is 1.10 bits per heavy atom. The Balaban J connectivity index is 1.59. The van der Waals surface area contributed by atoms with E-state index in [2.05, 4.69) is 39.1 Å². The van der Waals surface area contributed by atoms with Gasteiger partial charge in [0.25, 0.3) is 0 Å². The predicted molar refractivity (Wildman–Crippen MR) is 121 cm³/mol. The van der Waals surface area contributed by atoms with Crippen molar-refractivity contribution in [3.8, 4) is 0 Å². The van der Waals surface area contributed by atoms with Crippen molar-refractivity contribution in [1.82, 2.24) is 9.80 Å². The van der Waals surface area contributed by atoms with Gasteiger partial charge in [-0.15, -0.1) is 5.10 Å². The number of hydrogen-bond donors (Lipinski definition) is 1. The predicted octanol–water partition coefficient (Wildman–Crippen LogP) is 3.55. The monoisotopic (exact) mass is 413 g/mol. The van der Waals surface area contributed by atoms with Crippen molar-refractivity contribution in [2.75, 3.05) is 32.7 Å². The fraction of sp³-hybridized carbons (Fsp3) is 0.364. The number of rotatable bonds is 7. The number of piperazine rings is 1. The van der Waals surface area contributed by atoms with E-state index in [1.54, 1.807) is 18.3 Å². The maximum atomic E-state index is 13.8. The highest BCUT2D eigenvalue weighted by molar-refractivity contribution is 8.13. The lowest BCUT2D eigenvalue weighted by atomic mass is 10.1. The molecule has 0 spiro atoms. The van der Waals surface area contributed by atoms with Gasteiger partial charge in [0.2, 0.25) is 0 Å². The first kappa shape index (κ1) is 21.5. The van der Waals surface area contributed by atoms with Gasteiger partial charge in [0.05, 0.1) is 6.21 Å². The summed E-state index contributed by atoms with van der Waals surface area (Å²) in [6, 6.07) is 14.9. The number of nitrogens with two attached hydrogens (primary N) is 1. The van der Waals surface area contributed by atoms with Gasteiger partial charge in [0.15, 0.2) is 5.17 Å². The highest BCUT2D eigenvalue weighted by atomic mass is 32.2. The molecule has 0 atom stereocenters. The average molecular weight is 414 g/mol. The number of amidine groups is 1. The molecule has 2 aromatic carbocycles. The lowest BCUT2D eigenvalue weighted by Crippen LogP contribution is -2.45. The van der Waals surface area contributed by atoms with Gasteiger partial charge in [-0.25, -0.2) is 4.39 Å². The SMILES string of the molecule is CCN1CCN(Cc2cc(F)ccc2C=NN=C(N)SCc2ccccc2)CC1. The van der Waals surface area contributed by atoms with Crippen molar-refractivity contribution in [2.24, 2.45) is 15.9 Å². The summed E-state index contributed by atoms with van der Waals surface area (Å²) in [6.07, 6.45) is 1.66. The molecule has 29 heavy (non-hydrogen) atoms. The summed E-state index contributed by atoms with van der Waals surface area (Å²) in [4.78, 5) is 4.78. The van der Waals surface area contributed by atoms with Crippen LogP contribution < -0.4 is 5.73 Å². The second-order valence-electron chi connectivity index (χ2n) is 7.01. The second-order valence-corrected chi connectivity index (χ2v) is 8.01. The van der Waals surface area contributed by atoms with E-state index in [1.165, 1.54) is 23.4 Å². The molecule has 0 bridgehead atoms. The van der Waals surface area contributed by atoms with Gasteiger partial charge in [0.1, 0.15) is 5.82 Å². The molecule has 0 saturated carbocycles. The maximum Gasteiger partial charge on any atom is 0.180 e. The average Bonchev–Trinajstić information content (AvgIpc) is 2.75. The molecule has 2 aromatic rings. The molecular weight excluding hydrogens is 385 g/mol.